The Morgan fingerprint density at radius 1 is 1.10 bits per heavy atom. The fraction of sp³-hybridized carbons (Fsp3) is 0.381. The number of amides is 1. The number of aryl methyl sites for hydroxylation is 1. The summed E-state index contributed by atoms with van der Waals surface area (Å²) in [5.41, 5.74) is 1.60. The van der Waals surface area contributed by atoms with Gasteiger partial charge in [-0.3, -0.25) is 4.79 Å². The zero-order valence-electron chi connectivity index (χ0n) is 18.3. The Hall–Kier alpha value is -2.43. The summed E-state index contributed by atoms with van der Waals surface area (Å²) >= 11 is 0. The fourth-order valence-electron chi connectivity index (χ4n) is 2.95. The van der Waals surface area contributed by atoms with Crippen LogP contribution in [-0.2, 0) is 19.9 Å². The van der Waals surface area contributed by atoms with Crippen LogP contribution in [0.15, 0.2) is 46.2 Å². The van der Waals surface area contributed by atoms with Crippen LogP contribution in [0.3, 0.4) is 0 Å². The van der Waals surface area contributed by atoms with Gasteiger partial charge in [0.1, 0.15) is 5.75 Å². The lowest BCUT2D eigenvalue weighted by Gasteiger charge is -2.19. The van der Waals surface area contributed by atoms with E-state index in [0.717, 1.165) is 6.26 Å². The third-order valence-corrected chi connectivity index (χ3v) is 7.56. The molecule has 0 heterocycles. The van der Waals surface area contributed by atoms with Gasteiger partial charge in [-0.2, -0.15) is 0 Å². The van der Waals surface area contributed by atoms with Gasteiger partial charge >= 0.3 is 0 Å². The summed E-state index contributed by atoms with van der Waals surface area (Å²) in [5, 5.41) is 0. The van der Waals surface area contributed by atoms with Crippen LogP contribution >= 0.6 is 0 Å². The van der Waals surface area contributed by atoms with Crippen molar-refractivity contribution in [1.82, 2.24) is 9.62 Å². The minimum atomic E-state index is -3.68. The highest BCUT2D eigenvalue weighted by Crippen LogP contribution is 2.22. The SMILES string of the molecule is CNS(=O)(=O)c1cc(C(=O)N(C)CCCOc2cccc(S(C)(=O)=O)c2)cc(C)c1C. The van der Waals surface area contributed by atoms with E-state index in [4.69, 9.17) is 4.74 Å². The van der Waals surface area contributed by atoms with E-state index in [9.17, 15) is 21.6 Å². The first kappa shape index (κ1) is 24.8. The molecule has 170 valence electrons. The van der Waals surface area contributed by atoms with Crippen LogP contribution in [-0.4, -0.2) is 61.1 Å². The number of nitrogens with one attached hydrogen (secondary N) is 1. The maximum absolute atomic E-state index is 12.8. The molecular formula is C21H28N2O6S2. The molecule has 31 heavy (non-hydrogen) atoms. The van der Waals surface area contributed by atoms with Crippen LogP contribution in [0, 0.1) is 13.8 Å². The maximum Gasteiger partial charge on any atom is 0.253 e. The molecule has 0 spiro atoms. The van der Waals surface area contributed by atoms with Gasteiger partial charge in [0.25, 0.3) is 5.91 Å². The van der Waals surface area contributed by atoms with Crippen molar-refractivity contribution in [3.63, 3.8) is 0 Å². The lowest BCUT2D eigenvalue weighted by Crippen LogP contribution is -2.29. The van der Waals surface area contributed by atoms with Gasteiger partial charge in [-0.05, 0) is 68.8 Å². The molecule has 0 aliphatic heterocycles. The minimum Gasteiger partial charge on any atom is -0.493 e. The van der Waals surface area contributed by atoms with Gasteiger partial charge in [0.15, 0.2) is 9.84 Å². The van der Waals surface area contributed by atoms with Gasteiger partial charge in [-0.15, -0.1) is 0 Å². The number of sulfone groups is 1. The second-order valence-corrected chi connectivity index (χ2v) is 11.2. The molecule has 8 nitrogen and oxygen atoms in total. The summed E-state index contributed by atoms with van der Waals surface area (Å²) in [6.07, 6.45) is 1.64. The predicted molar refractivity (Wildman–Crippen MR) is 119 cm³/mol. The van der Waals surface area contributed by atoms with Crippen molar-refractivity contribution in [3.05, 3.63) is 53.1 Å². The number of hydrogen-bond acceptors (Lipinski definition) is 6. The van der Waals surface area contributed by atoms with E-state index in [1.54, 1.807) is 39.1 Å². The van der Waals surface area contributed by atoms with E-state index in [1.807, 2.05) is 0 Å². The summed E-state index contributed by atoms with van der Waals surface area (Å²) in [6.45, 7) is 4.13. The normalized spacial score (nSPS) is 11.9. The van der Waals surface area contributed by atoms with Gasteiger partial charge in [-0.1, -0.05) is 6.07 Å². The topological polar surface area (TPSA) is 110 Å². The van der Waals surface area contributed by atoms with Crippen molar-refractivity contribution in [2.75, 3.05) is 33.5 Å². The van der Waals surface area contributed by atoms with E-state index < -0.39 is 19.9 Å². The molecule has 1 amide bonds. The molecule has 2 rings (SSSR count). The first-order valence-corrected chi connectivity index (χ1v) is 13.0. The number of benzene rings is 2. The Kier molecular flexibility index (Phi) is 7.85. The van der Waals surface area contributed by atoms with Crippen molar-refractivity contribution >= 4 is 25.8 Å². The molecular weight excluding hydrogens is 440 g/mol. The van der Waals surface area contributed by atoms with E-state index in [1.165, 1.54) is 30.1 Å². The first-order chi connectivity index (χ1) is 14.4. The Bertz CT molecular complexity index is 1170. The Balaban J connectivity index is 2.02. The molecule has 0 unspecified atom stereocenters. The smallest absolute Gasteiger partial charge is 0.253 e. The van der Waals surface area contributed by atoms with E-state index in [-0.39, 0.29) is 22.3 Å². The van der Waals surface area contributed by atoms with Crippen LogP contribution in [0.4, 0.5) is 0 Å². The van der Waals surface area contributed by atoms with Crippen molar-refractivity contribution in [3.8, 4) is 5.75 Å². The summed E-state index contributed by atoms with van der Waals surface area (Å²) in [7, 11) is -4.03. The first-order valence-electron chi connectivity index (χ1n) is 9.60. The molecule has 2 aromatic carbocycles. The molecule has 0 saturated heterocycles. The molecule has 0 atom stereocenters. The molecule has 0 aliphatic rings. The fourth-order valence-corrected chi connectivity index (χ4v) is 4.67. The quantitative estimate of drug-likeness (QED) is 0.565. The zero-order valence-corrected chi connectivity index (χ0v) is 19.9. The Morgan fingerprint density at radius 3 is 2.39 bits per heavy atom. The lowest BCUT2D eigenvalue weighted by atomic mass is 10.1. The van der Waals surface area contributed by atoms with Crippen LogP contribution < -0.4 is 9.46 Å². The van der Waals surface area contributed by atoms with Crippen LogP contribution in [0.25, 0.3) is 0 Å². The van der Waals surface area contributed by atoms with Gasteiger partial charge in [-0.25, -0.2) is 21.6 Å². The maximum atomic E-state index is 12.8. The number of nitrogens with zero attached hydrogens (tertiary/aromatic N) is 1. The van der Waals surface area contributed by atoms with E-state index in [2.05, 4.69) is 4.72 Å². The zero-order chi connectivity index (χ0) is 23.4. The summed E-state index contributed by atoms with van der Waals surface area (Å²) < 4.78 is 55.7. The Morgan fingerprint density at radius 2 is 1.77 bits per heavy atom. The molecule has 0 aromatic heterocycles. The highest BCUT2D eigenvalue weighted by molar-refractivity contribution is 7.90. The molecule has 1 N–H and O–H groups in total. The predicted octanol–water partition coefficient (Wildman–Crippen LogP) is 2.16. The van der Waals surface area contributed by atoms with Crippen molar-refractivity contribution in [2.24, 2.45) is 0 Å². The average Bonchev–Trinajstić information content (AvgIpc) is 2.71. The second-order valence-electron chi connectivity index (χ2n) is 7.30. The standard InChI is InChI=1S/C21H28N2O6S2/c1-15-12-17(13-20(16(15)2)31(27,28)22-3)21(24)23(4)10-7-11-29-18-8-6-9-19(14-18)30(5,25)26/h6,8-9,12-14,22H,7,10-11H2,1-5H3. The van der Waals surface area contributed by atoms with Crippen LogP contribution in [0.5, 0.6) is 5.75 Å². The number of ether oxygens (including phenoxy) is 1. The van der Waals surface area contributed by atoms with E-state index in [0.29, 0.717) is 35.4 Å². The van der Waals surface area contributed by atoms with Gasteiger partial charge < -0.3 is 9.64 Å². The van der Waals surface area contributed by atoms with Gasteiger partial charge in [0.05, 0.1) is 16.4 Å². The average molecular weight is 469 g/mol. The summed E-state index contributed by atoms with van der Waals surface area (Å²) in [4.78, 5) is 14.6. The number of hydrogen-bond donors (Lipinski definition) is 1. The summed E-state index contributed by atoms with van der Waals surface area (Å²) in [5.74, 6) is 0.141. The molecule has 0 fully saturated rings. The monoisotopic (exact) mass is 468 g/mol. The van der Waals surface area contributed by atoms with Gasteiger partial charge in [0, 0.05) is 25.4 Å². The van der Waals surface area contributed by atoms with Crippen LogP contribution in [0.2, 0.25) is 0 Å². The molecule has 0 radical (unpaired) electrons. The third-order valence-electron chi connectivity index (χ3n) is 4.91. The number of carbonyl (C=O) groups is 1. The number of rotatable bonds is 9. The van der Waals surface area contributed by atoms with Gasteiger partial charge in [0.2, 0.25) is 10.0 Å². The highest BCUT2D eigenvalue weighted by Gasteiger charge is 2.21. The lowest BCUT2D eigenvalue weighted by molar-refractivity contribution is 0.0787. The van der Waals surface area contributed by atoms with Crippen molar-refractivity contribution < 1.29 is 26.4 Å². The third kappa shape index (κ3) is 6.28. The summed E-state index contributed by atoms with van der Waals surface area (Å²) in [6, 6.07) is 9.31. The Labute approximate surface area is 184 Å². The molecule has 0 saturated carbocycles. The second kappa shape index (κ2) is 9.80. The molecule has 0 bridgehead atoms. The van der Waals surface area contributed by atoms with E-state index >= 15 is 0 Å². The minimum absolute atomic E-state index is 0.0841. The highest BCUT2D eigenvalue weighted by atomic mass is 32.2. The van der Waals surface area contributed by atoms with Crippen molar-refractivity contribution in [1.29, 1.82) is 0 Å². The molecule has 0 aliphatic carbocycles. The van der Waals surface area contributed by atoms with Crippen molar-refractivity contribution in [2.45, 2.75) is 30.1 Å². The number of carbonyl (C=O) groups excluding carboxylic acids is 1. The van der Waals surface area contributed by atoms with Crippen LogP contribution in [0.1, 0.15) is 27.9 Å². The largest absolute Gasteiger partial charge is 0.493 e. The number of sulfonamides is 1. The molecule has 2 aromatic rings. The molecule has 10 heteroatoms.